The average Bonchev–Trinajstić information content (AvgIpc) is 2.40. The minimum absolute atomic E-state index is 0.0306. The molecular weight excluding hydrogens is 271 g/mol. The van der Waals surface area contributed by atoms with E-state index >= 15 is 0 Å². The Morgan fingerprint density at radius 3 is 2.80 bits per heavy atom. The molecule has 1 fully saturated rings. The molecule has 0 amide bonds. The maximum atomic E-state index is 12.7. The molecule has 0 saturated carbocycles. The van der Waals surface area contributed by atoms with Gasteiger partial charge in [-0.2, -0.15) is 13.2 Å². The van der Waals surface area contributed by atoms with E-state index in [1.54, 1.807) is 17.0 Å². The summed E-state index contributed by atoms with van der Waals surface area (Å²) in [6, 6.07) is 4.86. The third kappa shape index (κ3) is 3.56. The van der Waals surface area contributed by atoms with Crippen LogP contribution in [-0.4, -0.2) is 36.4 Å². The molecule has 1 aromatic rings. The number of halogens is 3. The van der Waals surface area contributed by atoms with Gasteiger partial charge >= 0.3 is 6.18 Å². The third-order valence-electron chi connectivity index (χ3n) is 3.62. The van der Waals surface area contributed by atoms with Crippen LogP contribution in [0.25, 0.3) is 0 Å². The number of alkyl halides is 3. The van der Waals surface area contributed by atoms with Crippen LogP contribution in [0.3, 0.4) is 0 Å². The van der Waals surface area contributed by atoms with Crippen LogP contribution in [0, 0.1) is 5.92 Å². The number of methoxy groups -OCH3 is 1. The van der Waals surface area contributed by atoms with Crippen molar-refractivity contribution in [1.29, 1.82) is 0 Å². The van der Waals surface area contributed by atoms with Crippen LogP contribution in [-0.2, 0) is 6.54 Å². The third-order valence-corrected chi connectivity index (χ3v) is 3.62. The molecule has 0 aromatic heterocycles. The summed E-state index contributed by atoms with van der Waals surface area (Å²) in [5.74, 6) is -0.870. The first-order chi connectivity index (χ1) is 9.40. The van der Waals surface area contributed by atoms with Crippen LogP contribution < -0.4 is 4.74 Å². The molecule has 2 rings (SSSR count). The molecule has 112 valence electrons. The number of hydrogen-bond donors (Lipinski definition) is 1. The van der Waals surface area contributed by atoms with Gasteiger partial charge in [0.15, 0.2) is 11.5 Å². The highest BCUT2D eigenvalue weighted by Gasteiger charge is 2.41. The van der Waals surface area contributed by atoms with Gasteiger partial charge in [0.2, 0.25) is 0 Å². The van der Waals surface area contributed by atoms with Gasteiger partial charge in [0.05, 0.1) is 13.0 Å². The predicted molar refractivity (Wildman–Crippen MR) is 68.7 cm³/mol. The molecule has 0 aliphatic carbocycles. The maximum absolute atomic E-state index is 12.7. The van der Waals surface area contributed by atoms with Gasteiger partial charge in [0.25, 0.3) is 0 Å². The maximum Gasteiger partial charge on any atom is 0.393 e. The van der Waals surface area contributed by atoms with Crippen molar-refractivity contribution in [2.45, 2.75) is 25.6 Å². The summed E-state index contributed by atoms with van der Waals surface area (Å²) < 4.78 is 43.2. The summed E-state index contributed by atoms with van der Waals surface area (Å²) in [6.07, 6.45) is -3.36. The minimum atomic E-state index is -4.12. The minimum Gasteiger partial charge on any atom is -0.504 e. The second-order valence-corrected chi connectivity index (χ2v) is 5.12. The standard InChI is InChI=1S/C14H18F3NO2/c1-20-13-7-10(4-5-12(13)19)8-18-6-2-3-11(9-18)14(15,16)17/h4-5,7,11,19H,2-3,6,8-9H2,1H3. The van der Waals surface area contributed by atoms with E-state index in [1.165, 1.54) is 13.2 Å². The second kappa shape index (κ2) is 5.91. The zero-order chi connectivity index (χ0) is 14.8. The predicted octanol–water partition coefficient (Wildman–Crippen LogP) is 3.18. The molecule has 3 nitrogen and oxygen atoms in total. The van der Waals surface area contributed by atoms with Gasteiger partial charge in [-0.25, -0.2) is 0 Å². The molecule has 1 unspecified atom stereocenters. The lowest BCUT2D eigenvalue weighted by Gasteiger charge is -2.33. The van der Waals surface area contributed by atoms with Crippen LogP contribution in [0.15, 0.2) is 18.2 Å². The largest absolute Gasteiger partial charge is 0.504 e. The van der Waals surface area contributed by atoms with E-state index in [9.17, 15) is 18.3 Å². The first-order valence-electron chi connectivity index (χ1n) is 6.55. The molecule has 1 atom stereocenters. The fraction of sp³-hybridized carbons (Fsp3) is 0.571. The molecule has 1 N–H and O–H groups in total. The zero-order valence-corrected chi connectivity index (χ0v) is 11.3. The zero-order valence-electron chi connectivity index (χ0n) is 11.3. The van der Waals surface area contributed by atoms with Gasteiger partial charge in [0.1, 0.15) is 0 Å². The lowest BCUT2D eigenvalue weighted by atomic mass is 9.97. The molecule has 20 heavy (non-hydrogen) atoms. The number of hydrogen-bond acceptors (Lipinski definition) is 3. The van der Waals surface area contributed by atoms with Crippen LogP contribution in [0.4, 0.5) is 13.2 Å². The number of phenolic OH excluding ortho intramolecular Hbond substituents is 1. The Labute approximate surface area is 116 Å². The lowest BCUT2D eigenvalue weighted by molar-refractivity contribution is -0.187. The molecular formula is C14H18F3NO2. The van der Waals surface area contributed by atoms with Crippen molar-refractivity contribution in [2.24, 2.45) is 5.92 Å². The van der Waals surface area contributed by atoms with Gasteiger partial charge < -0.3 is 9.84 Å². The normalized spacial score (nSPS) is 20.9. The first-order valence-corrected chi connectivity index (χ1v) is 6.55. The molecule has 1 aliphatic rings. The number of benzene rings is 1. The number of nitrogens with zero attached hydrogens (tertiary/aromatic N) is 1. The summed E-state index contributed by atoms with van der Waals surface area (Å²) >= 11 is 0. The van der Waals surface area contributed by atoms with Crippen LogP contribution >= 0.6 is 0 Å². The molecule has 1 aromatic carbocycles. The summed E-state index contributed by atoms with van der Waals surface area (Å²) in [5, 5.41) is 9.50. The molecule has 1 heterocycles. The topological polar surface area (TPSA) is 32.7 Å². The molecule has 1 saturated heterocycles. The van der Waals surface area contributed by atoms with Gasteiger partial charge in [-0.1, -0.05) is 6.07 Å². The van der Waals surface area contributed by atoms with E-state index < -0.39 is 12.1 Å². The summed E-state index contributed by atoms with van der Waals surface area (Å²) in [5.41, 5.74) is 0.836. The highest BCUT2D eigenvalue weighted by atomic mass is 19.4. The number of phenols is 1. The monoisotopic (exact) mass is 289 g/mol. The lowest BCUT2D eigenvalue weighted by Crippen LogP contribution is -2.41. The average molecular weight is 289 g/mol. The Morgan fingerprint density at radius 1 is 1.40 bits per heavy atom. The van der Waals surface area contributed by atoms with Crippen LogP contribution in [0.5, 0.6) is 11.5 Å². The van der Waals surface area contributed by atoms with Crippen molar-refractivity contribution in [3.05, 3.63) is 23.8 Å². The van der Waals surface area contributed by atoms with E-state index in [-0.39, 0.29) is 18.7 Å². The number of piperidine rings is 1. The van der Waals surface area contributed by atoms with E-state index in [0.29, 0.717) is 25.3 Å². The second-order valence-electron chi connectivity index (χ2n) is 5.12. The van der Waals surface area contributed by atoms with Crippen molar-refractivity contribution in [1.82, 2.24) is 4.90 Å². The number of likely N-dealkylation sites (tertiary alicyclic amines) is 1. The van der Waals surface area contributed by atoms with Crippen LogP contribution in [0.1, 0.15) is 18.4 Å². The fourth-order valence-corrected chi connectivity index (χ4v) is 2.54. The summed E-state index contributed by atoms with van der Waals surface area (Å²) in [7, 11) is 1.44. The Hall–Kier alpha value is -1.43. The Bertz CT molecular complexity index is 462. The van der Waals surface area contributed by atoms with E-state index in [0.717, 1.165) is 5.56 Å². The van der Waals surface area contributed by atoms with E-state index in [2.05, 4.69) is 0 Å². The Morgan fingerprint density at radius 2 is 2.15 bits per heavy atom. The smallest absolute Gasteiger partial charge is 0.393 e. The number of ether oxygens (including phenoxy) is 1. The Kier molecular flexibility index (Phi) is 4.42. The fourth-order valence-electron chi connectivity index (χ4n) is 2.54. The SMILES string of the molecule is COc1cc(CN2CCCC(C(F)(F)F)C2)ccc1O. The Balaban J connectivity index is 2.02. The van der Waals surface area contributed by atoms with Crippen molar-refractivity contribution in [3.63, 3.8) is 0 Å². The molecule has 0 bridgehead atoms. The molecule has 0 spiro atoms. The molecule has 1 aliphatic heterocycles. The van der Waals surface area contributed by atoms with Crippen molar-refractivity contribution in [3.8, 4) is 11.5 Å². The van der Waals surface area contributed by atoms with Crippen molar-refractivity contribution >= 4 is 0 Å². The van der Waals surface area contributed by atoms with Gasteiger partial charge in [-0.3, -0.25) is 4.90 Å². The summed E-state index contributed by atoms with van der Waals surface area (Å²) in [4.78, 5) is 1.80. The van der Waals surface area contributed by atoms with Crippen molar-refractivity contribution in [2.75, 3.05) is 20.2 Å². The quantitative estimate of drug-likeness (QED) is 0.927. The van der Waals surface area contributed by atoms with E-state index in [4.69, 9.17) is 4.74 Å². The van der Waals surface area contributed by atoms with E-state index in [1.807, 2.05) is 0 Å². The highest BCUT2D eigenvalue weighted by molar-refractivity contribution is 5.41. The van der Waals surface area contributed by atoms with Crippen molar-refractivity contribution < 1.29 is 23.0 Å². The molecule has 6 heteroatoms. The number of rotatable bonds is 3. The molecule has 0 radical (unpaired) electrons. The van der Waals surface area contributed by atoms with Gasteiger partial charge in [-0.15, -0.1) is 0 Å². The van der Waals surface area contributed by atoms with Gasteiger partial charge in [-0.05, 0) is 37.1 Å². The highest BCUT2D eigenvalue weighted by Crippen LogP contribution is 2.34. The first kappa shape index (κ1) is 15.0. The van der Waals surface area contributed by atoms with Gasteiger partial charge in [0, 0.05) is 13.1 Å². The number of aromatic hydroxyl groups is 1. The summed E-state index contributed by atoms with van der Waals surface area (Å²) in [6.45, 7) is 1.13. The van der Waals surface area contributed by atoms with Crippen LogP contribution in [0.2, 0.25) is 0 Å².